The van der Waals surface area contributed by atoms with Crippen molar-refractivity contribution < 1.29 is 14.3 Å². The first kappa shape index (κ1) is 13.9. The number of carbonyl (C=O) groups is 2. The van der Waals surface area contributed by atoms with Crippen LogP contribution in [-0.2, 0) is 9.53 Å². The van der Waals surface area contributed by atoms with E-state index in [0.29, 0.717) is 6.54 Å². The zero-order chi connectivity index (χ0) is 14.7. The Morgan fingerprint density at radius 1 is 1.29 bits per heavy atom. The number of fused-ring (bicyclic) bond motifs is 1. The van der Waals surface area contributed by atoms with Gasteiger partial charge in [-0.05, 0) is 30.7 Å². The van der Waals surface area contributed by atoms with Gasteiger partial charge in [0.05, 0.1) is 5.03 Å². The van der Waals surface area contributed by atoms with Crippen LogP contribution in [0.15, 0.2) is 35.6 Å². The third-order valence-electron chi connectivity index (χ3n) is 3.26. The maximum absolute atomic E-state index is 11.4. The molecule has 0 unspecified atom stereocenters. The molecule has 3 rings (SSSR count). The average molecular weight is 305 g/mol. The molecule has 2 aromatic rings. The van der Waals surface area contributed by atoms with Crippen LogP contribution in [0.5, 0.6) is 0 Å². The van der Waals surface area contributed by atoms with E-state index in [1.807, 2.05) is 22.7 Å². The minimum atomic E-state index is -0.518. The zero-order valence-corrected chi connectivity index (χ0v) is 12.2. The van der Waals surface area contributed by atoms with Crippen molar-refractivity contribution in [3.8, 4) is 0 Å². The molecular weight excluding hydrogens is 290 g/mol. The second kappa shape index (κ2) is 6.17. The normalized spacial score (nSPS) is 15.0. The van der Waals surface area contributed by atoms with E-state index in [1.165, 1.54) is 4.90 Å². The maximum atomic E-state index is 11.4. The number of imidazole rings is 1. The summed E-state index contributed by atoms with van der Waals surface area (Å²) in [5, 5.41) is 1.14. The van der Waals surface area contributed by atoms with Crippen LogP contribution in [-0.4, -0.2) is 45.2 Å². The Balaban J connectivity index is 1.45. The van der Waals surface area contributed by atoms with Gasteiger partial charge in [-0.2, -0.15) is 0 Å². The molecule has 1 aliphatic heterocycles. The molecule has 2 amide bonds. The molecule has 0 saturated carbocycles. The monoisotopic (exact) mass is 305 g/mol. The molecule has 6 nitrogen and oxygen atoms in total. The van der Waals surface area contributed by atoms with Gasteiger partial charge >= 0.3 is 6.09 Å². The Labute approximate surface area is 126 Å². The van der Waals surface area contributed by atoms with Crippen LogP contribution in [0.2, 0.25) is 0 Å². The van der Waals surface area contributed by atoms with Gasteiger partial charge in [-0.1, -0.05) is 6.07 Å². The van der Waals surface area contributed by atoms with Crippen LogP contribution < -0.4 is 0 Å². The van der Waals surface area contributed by atoms with Gasteiger partial charge < -0.3 is 4.74 Å². The summed E-state index contributed by atoms with van der Waals surface area (Å²) >= 11 is 1.74. The van der Waals surface area contributed by atoms with E-state index in [9.17, 15) is 9.59 Å². The maximum Gasteiger partial charge on any atom is 0.417 e. The molecule has 7 heteroatoms. The highest BCUT2D eigenvalue weighted by molar-refractivity contribution is 7.99. The predicted octanol–water partition coefficient (Wildman–Crippen LogP) is 2.19. The number of hydrogen-bond acceptors (Lipinski definition) is 5. The van der Waals surface area contributed by atoms with Crippen molar-refractivity contribution in [3.63, 3.8) is 0 Å². The van der Waals surface area contributed by atoms with Crippen molar-refractivity contribution in [3.05, 3.63) is 30.6 Å². The number of amides is 2. The standard InChI is InChI=1S/C14H15N3O3S/c18-12-10-20-14(19)17(12)7-1-2-9-21-13-5-3-4-11-15-6-8-16(11)13/h3-6,8H,1-2,7,9-10H2. The fourth-order valence-electron chi connectivity index (χ4n) is 2.18. The number of rotatable bonds is 6. The van der Waals surface area contributed by atoms with Gasteiger partial charge in [-0.25, -0.2) is 14.7 Å². The third-order valence-corrected chi connectivity index (χ3v) is 4.38. The van der Waals surface area contributed by atoms with Crippen LogP contribution in [0, 0.1) is 0 Å². The number of unbranched alkanes of at least 4 members (excludes halogenated alkanes) is 1. The summed E-state index contributed by atoms with van der Waals surface area (Å²) in [4.78, 5) is 28.0. The number of carbonyl (C=O) groups excluding carboxylic acids is 2. The summed E-state index contributed by atoms with van der Waals surface area (Å²) < 4.78 is 6.71. The van der Waals surface area contributed by atoms with Gasteiger partial charge in [-0.3, -0.25) is 9.20 Å². The predicted molar refractivity (Wildman–Crippen MR) is 78.2 cm³/mol. The Morgan fingerprint density at radius 2 is 2.19 bits per heavy atom. The molecule has 0 bridgehead atoms. The number of thioether (sulfide) groups is 1. The molecule has 110 valence electrons. The summed E-state index contributed by atoms with van der Waals surface area (Å²) in [6, 6.07) is 6.01. The summed E-state index contributed by atoms with van der Waals surface area (Å²) in [5.41, 5.74) is 0.936. The molecule has 1 saturated heterocycles. The largest absolute Gasteiger partial charge is 0.439 e. The van der Waals surface area contributed by atoms with Crippen molar-refractivity contribution in [2.75, 3.05) is 18.9 Å². The Morgan fingerprint density at radius 3 is 3.00 bits per heavy atom. The fraction of sp³-hybridized carbons (Fsp3) is 0.357. The molecule has 0 aromatic carbocycles. The Bertz CT molecular complexity index is 654. The van der Waals surface area contributed by atoms with Gasteiger partial charge in [0, 0.05) is 18.9 Å². The third kappa shape index (κ3) is 3.02. The van der Waals surface area contributed by atoms with Crippen molar-refractivity contribution in [2.45, 2.75) is 17.9 Å². The molecule has 1 fully saturated rings. The van der Waals surface area contributed by atoms with E-state index in [1.54, 1.807) is 18.0 Å². The lowest BCUT2D eigenvalue weighted by Gasteiger charge is -2.10. The first-order chi connectivity index (χ1) is 10.3. The summed E-state index contributed by atoms with van der Waals surface area (Å²) in [5.74, 6) is 0.685. The number of ether oxygens (including phenoxy) is 1. The minimum Gasteiger partial charge on any atom is -0.439 e. The lowest BCUT2D eigenvalue weighted by molar-refractivity contribution is -0.125. The molecule has 1 aliphatic rings. The average Bonchev–Trinajstić information content (AvgIpc) is 3.08. The lowest BCUT2D eigenvalue weighted by Crippen LogP contribution is -2.30. The van der Waals surface area contributed by atoms with E-state index < -0.39 is 6.09 Å². The smallest absolute Gasteiger partial charge is 0.417 e. The Kier molecular flexibility index (Phi) is 4.10. The van der Waals surface area contributed by atoms with E-state index in [0.717, 1.165) is 29.3 Å². The highest BCUT2D eigenvalue weighted by Crippen LogP contribution is 2.20. The van der Waals surface area contributed by atoms with Crippen LogP contribution in [0.25, 0.3) is 5.65 Å². The summed E-state index contributed by atoms with van der Waals surface area (Å²) in [7, 11) is 0. The second-order valence-corrected chi connectivity index (χ2v) is 5.79. The first-order valence-corrected chi connectivity index (χ1v) is 7.76. The van der Waals surface area contributed by atoms with Gasteiger partial charge in [0.2, 0.25) is 0 Å². The number of imide groups is 1. The fourth-order valence-corrected chi connectivity index (χ4v) is 3.21. The molecule has 0 N–H and O–H groups in total. The number of nitrogens with zero attached hydrogens (tertiary/aromatic N) is 3. The topological polar surface area (TPSA) is 63.9 Å². The molecule has 0 aliphatic carbocycles. The SMILES string of the molecule is O=C1COC(=O)N1CCCCSc1cccc2nccn12. The summed E-state index contributed by atoms with van der Waals surface area (Å²) in [6.45, 7) is 0.323. The quantitative estimate of drug-likeness (QED) is 0.604. The van der Waals surface area contributed by atoms with E-state index >= 15 is 0 Å². The molecular formula is C14H15N3O3S. The Hall–Kier alpha value is -2.02. The zero-order valence-electron chi connectivity index (χ0n) is 11.4. The molecule has 3 heterocycles. The number of aromatic nitrogens is 2. The van der Waals surface area contributed by atoms with Crippen molar-refractivity contribution in [2.24, 2.45) is 0 Å². The summed E-state index contributed by atoms with van der Waals surface area (Å²) in [6.07, 6.45) is 4.91. The number of cyclic esters (lactones) is 1. The van der Waals surface area contributed by atoms with Gasteiger partial charge in [0.25, 0.3) is 5.91 Å². The lowest BCUT2D eigenvalue weighted by atomic mass is 10.3. The number of hydrogen-bond donors (Lipinski definition) is 0. The van der Waals surface area contributed by atoms with Crippen LogP contribution in [0.3, 0.4) is 0 Å². The molecule has 0 atom stereocenters. The van der Waals surface area contributed by atoms with Gasteiger partial charge in [0.15, 0.2) is 6.61 Å². The van der Waals surface area contributed by atoms with Crippen LogP contribution in [0.4, 0.5) is 4.79 Å². The van der Waals surface area contributed by atoms with Crippen LogP contribution >= 0.6 is 11.8 Å². The van der Waals surface area contributed by atoms with Crippen molar-refractivity contribution in [1.29, 1.82) is 0 Å². The van der Waals surface area contributed by atoms with E-state index in [2.05, 4.69) is 15.8 Å². The number of pyridine rings is 1. The van der Waals surface area contributed by atoms with Gasteiger partial charge in [0.1, 0.15) is 5.65 Å². The van der Waals surface area contributed by atoms with Crippen LogP contribution in [0.1, 0.15) is 12.8 Å². The second-order valence-electron chi connectivity index (χ2n) is 4.67. The van der Waals surface area contributed by atoms with Crippen molar-refractivity contribution >= 4 is 29.4 Å². The molecule has 0 spiro atoms. The first-order valence-electron chi connectivity index (χ1n) is 6.78. The highest BCUT2D eigenvalue weighted by atomic mass is 32.2. The van der Waals surface area contributed by atoms with E-state index in [4.69, 9.17) is 0 Å². The molecule has 2 aromatic heterocycles. The molecule has 0 radical (unpaired) electrons. The molecule has 21 heavy (non-hydrogen) atoms. The minimum absolute atomic E-state index is 0.115. The van der Waals surface area contributed by atoms with Crippen molar-refractivity contribution in [1.82, 2.24) is 14.3 Å². The van der Waals surface area contributed by atoms with Gasteiger partial charge in [-0.15, -0.1) is 11.8 Å². The highest BCUT2D eigenvalue weighted by Gasteiger charge is 2.29. The van der Waals surface area contributed by atoms with E-state index in [-0.39, 0.29) is 12.5 Å².